The van der Waals surface area contributed by atoms with Crippen LogP contribution in [0.3, 0.4) is 0 Å². The predicted molar refractivity (Wildman–Crippen MR) is 50.9 cm³/mol. The number of hydrogen-bond donors (Lipinski definition) is 2. The van der Waals surface area contributed by atoms with E-state index in [4.69, 9.17) is 16.2 Å². The first-order valence-electron chi connectivity index (χ1n) is 4.43. The number of nitrogens with two attached hydrogens (primary N) is 2. The fourth-order valence-corrected chi connectivity index (χ4v) is 1.88. The Balaban J connectivity index is 2.21. The standard InChI is InChI=1S/C10H14N2O/c11-7-13-10(12)5-8-3-1-2-4-9(8)6-10/h1-4H,5-7,11-12H2. The maximum absolute atomic E-state index is 6.02. The minimum Gasteiger partial charge on any atom is -0.345 e. The predicted octanol–water partition coefficient (Wildman–Crippen LogP) is 0.373. The van der Waals surface area contributed by atoms with Gasteiger partial charge in [0.15, 0.2) is 0 Å². The lowest BCUT2D eigenvalue weighted by molar-refractivity contribution is -0.0300. The Bertz CT molecular complexity index is 287. The molecular formula is C10H14N2O. The van der Waals surface area contributed by atoms with Gasteiger partial charge in [0.05, 0.1) is 6.73 Å². The third kappa shape index (κ3) is 1.58. The van der Waals surface area contributed by atoms with Crippen LogP contribution in [0.4, 0.5) is 0 Å². The van der Waals surface area contributed by atoms with Crippen molar-refractivity contribution in [2.75, 3.05) is 6.73 Å². The molecule has 0 amide bonds. The summed E-state index contributed by atoms with van der Waals surface area (Å²) >= 11 is 0. The highest BCUT2D eigenvalue weighted by Crippen LogP contribution is 2.28. The topological polar surface area (TPSA) is 61.3 Å². The summed E-state index contributed by atoms with van der Waals surface area (Å²) in [4.78, 5) is 0. The second kappa shape index (κ2) is 3.10. The van der Waals surface area contributed by atoms with Gasteiger partial charge in [-0.1, -0.05) is 24.3 Å². The molecule has 1 aliphatic carbocycles. The highest BCUT2D eigenvalue weighted by atomic mass is 16.5. The first kappa shape index (κ1) is 8.69. The molecule has 1 aromatic carbocycles. The minimum atomic E-state index is -0.571. The van der Waals surface area contributed by atoms with Gasteiger partial charge in [0.1, 0.15) is 5.72 Å². The van der Waals surface area contributed by atoms with Gasteiger partial charge in [-0.25, -0.2) is 0 Å². The van der Waals surface area contributed by atoms with E-state index in [0.717, 1.165) is 12.8 Å². The molecule has 0 bridgehead atoms. The van der Waals surface area contributed by atoms with E-state index in [2.05, 4.69) is 12.1 Å². The Kier molecular flexibility index (Phi) is 2.07. The molecule has 0 spiro atoms. The van der Waals surface area contributed by atoms with E-state index in [1.165, 1.54) is 11.1 Å². The number of rotatable bonds is 2. The van der Waals surface area contributed by atoms with Crippen molar-refractivity contribution in [3.8, 4) is 0 Å². The fourth-order valence-electron chi connectivity index (χ4n) is 1.88. The summed E-state index contributed by atoms with van der Waals surface area (Å²) in [6.45, 7) is 0.185. The van der Waals surface area contributed by atoms with Crippen molar-refractivity contribution < 1.29 is 4.74 Å². The van der Waals surface area contributed by atoms with Crippen LogP contribution in [-0.2, 0) is 17.6 Å². The Hall–Kier alpha value is -0.900. The van der Waals surface area contributed by atoms with E-state index in [1.807, 2.05) is 12.1 Å². The van der Waals surface area contributed by atoms with Crippen LogP contribution < -0.4 is 11.5 Å². The van der Waals surface area contributed by atoms with Gasteiger partial charge in [0, 0.05) is 12.8 Å². The summed E-state index contributed by atoms with van der Waals surface area (Å²) in [6, 6.07) is 8.22. The molecule has 0 saturated heterocycles. The van der Waals surface area contributed by atoms with Crippen LogP contribution in [0.5, 0.6) is 0 Å². The van der Waals surface area contributed by atoms with E-state index in [1.54, 1.807) is 0 Å². The fraction of sp³-hybridized carbons (Fsp3) is 0.400. The van der Waals surface area contributed by atoms with Gasteiger partial charge in [-0.15, -0.1) is 0 Å². The normalized spacial score (nSPS) is 18.6. The Morgan fingerprint density at radius 3 is 2.23 bits per heavy atom. The van der Waals surface area contributed by atoms with Gasteiger partial charge in [0.25, 0.3) is 0 Å². The van der Waals surface area contributed by atoms with Crippen LogP contribution in [0.15, 0.2) is 24.3 Å². The van der Waals surface area contributed by atoms with Crippen LogP contribution in [0, 0.1) is 0 Å². The average molecular weight is 178 g/mol. The van der Waals surface area contributed by atoms with Gasteiger partial charge in [-0.3, -0.25) is 0 Å². The molecule has 0 saturated carbocycles. The summed E-state index contributed by atoms with van der Waals surface area (Å²) in [5.74, 6) is 0. The van der Waals surface area contributed by atoms with Gasteiger partial charge < -0.3 is 16.2 Å². The van der Waals surface area contributed by atoms with Crippen LogP contribution in [0.2, 0.25) is 0 Å². The smallest absolute Gasteiger partial charge is 0.126 e. The molecule has 0 atom stereocenters. The molecule has 3 heteroatoms. The van der Waals surface area contributed by atoms with Crippen molar-refractivity contribution in [2.24, 2.45) is 11.5 Å². The number of benzene rings is 1. The SMILES string of the molecule is NCOC1(N)Cc2ccccc2C1. The van der Waals surface area contributed by atoms with E-state index < -0.39 is 5.72 Å². The van der Waals surface area contributed by atoms with Crippen molar-refractivity contribution in [3.05, 3.63) is 35.4 Å². The second-order valence-corrected chi connectivity index (χ2v) is 3.50. The van der Waals surface area contributed by atoms with Crippen LogP contribution in [0.1, 0.15) is 11.1 Å². The Morgan fingerprint density at radius 2 is 1.77 bits per heavy atom. The lowest BCUT2D eigenvalue weighted by Crippen LogP contribution is -2.45. The molecular weight excluding hydrogens is 164 g/mol. The van der Waals surface area contributed by atoms with Gasteiger partial charge >= 0.3 is 0 Å². The molecule has 13 heavy (non-hydrogen) atoms. The van der Waals surface area contributed by atoms with Crippen LogP contribution in [-0.4, -0.2) is 12.5 Å². The quantitative estimate of drug-likeness (QED) is 0.643. The van der Waals surface area contributed by atoms with Crippen molar-refractivity contribution in [1.82, 2.24) is 0 Å². The first-order valence-corrected chi connectivity index (χ1v) is 4.43. The van der Waals surface area contributed by atoms with E-state index in [-0.39, 0.29) is 6.73 Å². The molecule has 70 valence electrons. The summed E-state index contributed by atoms with van der Waals surface area (Å²) in [5.41, 5.74) is 13.3. The lowest BCUT2D eigenvalue weighted by Gasteiger charge is -2.22. The zero-order chi connectivity index (χ0) is 9.31. The Morgan fingerprint density at radius 1 is 1.23 bits per heavy atom. The van der Waals surface area contributed by atoms with Crippen LogP contribution >= 0.6 is 0 Å². The number of fused-ring (bicyclic) bond motifs is 1. The highest BCUT2D eigenvalue weighted by Gasteiger charge is 2.33. The Labute approximate surface area is 77.7 Å². The van der Waals surface area contributed by atoms with Gasteiger partial charge in [-0.2, -0.15) is 0 Å². The highest BCUT2D eigenvalue weighted by molar-refractivity contribution is 5.34. The van der Waals surface area contributed by atoms with Crippen molar-refractivity contribution >= 4 is 0 Å². The minimum absolute atomic E-state index is 0.185. The van der Waals surface area contributed by atoms with E-state index in [0.29, 0.717) is 0 Å². The molecule has 0 radical (unpaired) electrons. The zero-order valence-electron chi connectivity index (χ0n) is 7.49. The molecule has 0 fully saturated rings. The number of hydrogen-bond acceptors (Lipinski definition) is 3. The van der Waals surface area contributed by atoms with Gasteiger partial charge in [0.2, 0.25) is 0 Å². The van der Waals surface area contributed by atoms with Crippen molar-refractivity contribution in [1.29, 1.82) is 0 Å². The third-order valence-corrected chi connectivity index (χ3v) is 2.47. The van der Waals surface area contributed by atoms with Crippen molar-refractivity contribution in [3.63, 3.8) is 0 Å². The molecule has 3 nitrogen and oxygen atoms in total. The maximum Gasteiger partial charge on any atom is 0.126 e. The summed E-state index contributed by atoms with van der Waals surface area (Å²) in [5, 5.41) is 0. The summed E-state index contributed by atoms with van der Waals surface area (Å²) in [6.07, 6.45) is 1.53. The molecule has 0 aliphatic heterocycles. The molecule has 0 aromatic heterocycles. The van der Waals surface area contributed by atoms with E-state index in [9.17, 15) is 0 Å². The van der Waals surface area contributed by atoms with Crippen molar-refractivity contribution in [2.45, 2.75) is 18.6 Å². The molecule has 1 aliphatic rings. The monoisotopic (exact) mass is 178 g/mol. The zero-order valence-corrected chi connectivity index (χ0v) is 7.49. The summed E-state index contributed by atoms with van der Waals surface area (Å²) < 4.78 is 5.33. The molecule has 1 aromatic rings. The second-order valence-electron chi connectivity index (χ2n) is 3.50. The molecule has 4 N–H and O–H groups in total. The first-order chi connectivity index (χ1) is 6.23. The average Bonchev–Trinajstić information content (AvgIpc) is 2.40. The van der Waals surface area contributed by atoms with Gasteiger partial charge in [-0.05, 0) is 11.1 Å². The maximum atomic E-state index is 6.02. The number of ether oxygens (including phenoxy) is 1. The van der Waals surface area contributed by atoms with Crippen LogP contribution in [0.25, 0.3) is 0 Å². The van der Waals surface area contributed by atoms with E-state index >= 15 is 0 Å². The molecule has 2 rings (SSSR count). The largest absolute Gasteiger partial charge is 0.345 e. The lowest BCUT2D eigenvalue weighted by atomic mass is 10.1. The molecule has 0 unspecified atom stereocenters. The molecule has 0 heterocycles. The third-order valence-electron chi connectivity index (χ3n) is 2.47. The summed E-state index contributed by atoms with van der Waals surface area (Å²) in [7, 11) is 0.